The third kappa shape index (κ3) is 3.24. The van der Waals surface area contributed by atoms with Gasteiger partial charge in [-0.3, -0.25) is 4.90 Å². The van der Waals surface area contributed by atoms with Gasteiger partial charge in [-0.25, -0.2) is 15.0 Å². The van der Waals surface area contributed by atoms with Gasteiger partial charge in [-0.1, -0.05) is 30.7 Å². The Kier molecular flexibility index (Phi) is 4.91. The van der Waals surface area contributed by atoms with Gasteiger partial charge in [-0.05, 0) is 25.3 Å². The van der Waals surface area contributed by atoms with E-state index in [0.717, 1.165) is 55.3 Å². The number of likely N-dealkylation sites (tertiary alicyclic amines) is 1. The van der Waals surface area contributed by atoms with Crippen molar-refractivity contribution in [2.24, 2.45) is 18.9 Å². The number of rotatable bonds is 4. The van der Waals surface area contributed by atoms with Crippen LogP contribution in [0.15, 0.2) is 49.1 Å². The van der Waals surface area contributed by atoms with Gasteiger partial charge in [-0.2, -0.15) is 0 Å². The van der Waals surface area contributed by atoms with Crippen molar-refractivity contribution in [3.8, 4) is 11.4 Å². The van der Waals surface area contributed by atoms with Crippen molar-refractivity contribution in [3.63, 3.8) is 0 Å². The number of nitrogens with zero attached hydrogens (tertiary/aromatic N) is 5. The second-order valence-electron chi connectivity index (χ2n) is 8.94. The zero-order valence-corrected chi connectivity index (χ0v) is 17.7. The SMILES string of the molecule is Cc1ccccc1-c1ncc(CN2C[C@@H]3CCC[C@@H](C2)C3(O)c2nccn2C)cn1. The van der Waals surface area contributed by atoms with Crippen LogP contribution in [0.2, 0.25) is 0 Å². The quantitative estimate of drug-likeness (QED) is 0.724. The van der Waals surface area contributed by atoms with E-state index < -0.39 is 5.60 Å². The summed E-state index contributed by atoms with van der Waals surface area (Å²) in [6, 6.07) is 8.21. The Labute approximate surface area is 177 Å². The average Bonchev–Trinajstić information content (AvgIpc) is 3.16. The molecule has 2 fully saturated rings. The zero-order valence-electron chi connectivity index (χ0n) is 17.7. The number of hydrogen-bond donors (Lipinski definition) is 1. The second kappa shape index (κ2) is 7.60. The van der Waals surface area contributed by atoms with Gasteiger partial charge in [0.05, 0.1) is 0 Å². The summed E-state index contributed by atoms with van der Waals surface area (Å²) in [7, 11) is 1.98. The molecule has 6 nitrogen and oxygen atoms in total. The van der Waals surface area contributed by atoms with E-state index in [1.807, 2.05) is 42.3 Å². The average molecular weight is 404 g/mol. The Morgan fingerprint density at radius 3 is 2.40 bits per heavy atom. The smallest absolute Gasteiger partial charge is 0.159 e. The predicted molar refractivity (Wildman–Crippen MR) is 115 cm³/mol. The maximum absolute atomic E-state index is 11.7. The molecule has 1 N–H and O–H groups in total. The Hall–Kier alpha value is -2.57. The van der Waals surface area contributed by atoms with Crippen LogP contribution in [-0.2, 0) is 19.2 Å². The van der Waals surface area contributed by atoms with Crippen LogP contribution in [0.25, 0.3) is 11.4 Å². The molecule has 156 valence electrons. The monoisotopic (exact) mass is 403 g/mol. The minimum Gasteiger partial charge on any atom is -0.381 e. The molecule has 0 spiro atoms. The number of aryl methyl sites for hydroxylation is 2. The van der Waals surface area contributed by atoms with Gasteiger partial charge >= 0.3 is 0 Å². The molecular weight excluding hydrogens is 374 g/mol. The van der Waals surface area contributed by atoms with Crippen molar-refractivity contribution in [3.05, 3.63) is 66.0 Å². The van der Waals surface area contributed by atoms with Crippen molar-refractivity contribution in [1.29, 1.82) is 0 Å². The molecule has 0 unspecified atom stereocenters. The zero-order chi connectivity index (χ0) is 20.7. The maximum Gasteiger partial charge on any atom is 0.159 e. The summed E-state index contributed by atoms with van der Waals surface area (Å²) in [5.41, 5.74) is 2.56. The lowest BCUT2D eigenvalue weighted by Crippen LogP contribution is -2.58. The number of piperidine rings is 1. The van der Waals surface area contributed by atoms with Crippen molar-refractivity contribution in [2.75, 3.05) is 13.1 Å². The molecule has 30 heavy (non-hydrogen) atoms. The highest BCUT2D eigenvalue weighted by molar-refractivity contribution is 5.59. The van der Waals surface area contributed by atoms with Gasteiger partial charge in [0.2, 0.25) is 0 Å². The first-order chi connectivity index (χ1) is 14.6. The number of hydrogen-bond acceptors (Lipinski definition) is 5. The van der Waals surface area contributed by atoms with Crippen LogP contribution < -0.4 is 0 Å². The Bertz CT molecular complexity index is 1010. The lowest BCUT2D eigenvalue weighted by molar-refractivity contribution is -0.155. The lowest BCUT2D eigenvalue weighted by Gasteiger charge is -2.52. The number of aliphatic hydroxyl groups is 1. The summed E-state index contributed by atoms with van der Waals surface area (Å²) < 4.78 is 1.99. The summed E-state index contributed by atoms with van der Waals surface area (Å²) >= 11 is 0. The first-order valence-corrected chi connectivity index (χ1v) is 10.8. The van der Waals surface area contributed by atoms with Gasteiger partial charge in [0, 0.05) is 74.4 Å². The normalized spacial score (nSPS) is 26.6. The highest BCUT2D eigenvalue weighted by Gasteiger charge is 2.53. The molecule has 1 saturated heterocycles. The molecule has 2 aromatic heterocycles. The van der Waals surface area contributed by atoms with Gasteiger partial charge in [0.1, 0.15) is 11.4 Å². The molecule has 1 aliphatic carbocycles. The van der Waals surface area contributed by atoms with Gasteiger partial charge in [0.15, 0.2) is 5.82 Å². The van der Waals surface area contributed by atoms with E-state index in [1.165, 1.54) is 12.0 Å². The summed E-state index contributed by atoms with van der Waals surface area (Å²) in [6.45, 7) is 4.65. The van der Waals surface area contributed by atoms with Crippen LogP contribution >= 0.6 is 0 Å². The molecule has 3 aromatic rings. The van der Waals surface area contributed by atoms with E-state index in [-0.39, 0.29) is 11.8 Å². The van der Waals surface area contributed by atoms with E-state index in [9.17, 15) is 5.11 Å². The molecule has 3 heterocycles. The van der Waals surface area contributed by atoms with Crippen LogP contribution in [0.5, 0.6) is 0 Å². The van der Waals surface area contributed by atoms with E-state index in [1.54, 1.807) is 6.20 Å². The summed E-state index contributed by atoms with van der Waals surface area (Å²) in [6.07, 6.45) is 10.9. The van der Waals surface area contributed by atoms with Gasteiger partial charge < -0.3 is 9.67 Å². The van der Waals surface area contributed by atoms with E-state index in [2.05, 4.69) is 38.9 Å². The molecule has 1 aliphatic heterocycles. The van der Waals surface area contributed by atoms with Gasteiger partial charge in [-0.15, -0.1) is 0 Å². The van der Waals surface area contributed by atoms with E-state index in [0.29, 0.717) is 0 Å². The van der Waals surface area contributed by atoms with Crippen LogP contribution in [0, 0.1) is 18.8 Å². The van der Waals surface area contributed by atoms with E-state index in [4.69, 9.17) is 0 Å². The van der Waals surface area contributed by atoms with E-state index >= 15 is 0 Å². The first-order valence-electron chi connectivity index (χ1n) is 10.8. The molecular formula is C24H29N5O. The molecule has 0 radical (unpaired) electrons. The van der Waals surface area contributed by atoms with Crippen molar-refractivity contribution in [2.45, 2.75) is 38.3 Å². The minimum atomic E-state index is -0.821. The fourth-order valence-electron chi connectivity index (χ4n) is 5.45. The molecule has 2 bridgehead atoms. The second-order valence-corrected chi connectivity index (χ2v) is 8.94. The molecule has 2 aliphatic rings. The fourth-order valence-corrected chi connectivity index (χ4v) is 5.45. The number of benzene rings is 1. The standard InChI is InChI=1S/C24H29N5O/c1-17-6-3-4-9-21(17)22-26-12-18(13-27-22)14-29-15-19-7-5-8-20(16-29)24(19,30)23-25-10-11-28(23)2/h3-4,6,9-13,19-20,30H,5,7-8,14-16H2,1-2H3/t19-,20-/m0/s1. The van der Waals surface area contributed by atoms with Crippen molar-refractivity contribution < 1.29 is 5.11 Å². The summed E-state index contributed by atoms with van der Waals surface area (Å²) in [5, 5.41) is 11.7. The first kappa shape index (κ1) is 19.4. The topological polar surface area (TPSA) is 67.1 Å². The molecule has 1 saturated carbocycles. The van der Waals surface area contributed by atoms with Crippen LogP contribution in [0.4, 0.5) is 0 Å². The van der Waals surface area contributed by atoms with Crippen LogP contribution in [0.3, 0.4) is 0 Å². The summed E-state index contributed by atoms with van der Waals surface area (Å²) in [4.78, 5) is 16.2. The molecule has 2 atom stereocenters. The molecule has 1 aromatic carbocycles. The van der Waals surface area contributed by atoms with Crippen molar-refractivity contribution in [1.82, 2.24) is 24.4 Å². The highest BCUT2D eigenvalue weighted by Crippen LogP contribution is 2.48. The number of aromatic nitrogens is 4. The lowest BCUT2D eigenvalue weighted by atomic mass is 9.65. The van der Waals surface area contributed by atoms with Crippen molar-refractivity contribution >= 4 is 0 Å². The Balaban J connectivity index is 1.33. The number of fused-ring (bicyclic) bond motifs is 2. The Morgan fingerprint density at radius 1 is 1.07 bits per heavy atom. The molecule has 0 amide bonds. The third-order valence-electron chi connectivity index (χ3n) is 6.98. The predicted octanol–water partition coefficient (Wildman–Crippen LogP) is 3.31. The van der Waals surface area contributed by atoms with Crippen LogP contribution in [-0.4, -0.2) is 42.6 Å². The molecule has 6 heteroatoms. The third-order valence-corrected chi connectivity index (χ3v) is 6.98. The van der Waals surface area contributed by atoms with Gasteiger partial charge in [0.25, 0.3) is 0 Å². The summed E-state index contributed by atoms with van der Waals surface area (Å²) in [5.74, 6) is 2.01. The minimum absolute atomic E-state index is 0.207. The Morgan fingerprint density at radius 2 is 1.77 bits per heavy atom. The highest BCUT2D eigenvalue weighted by atomic mass is 16.3. The number of imidazole rings is 1. The van der Waals surface area contributed by atoms with Crippen LogP contribution in [0.1, 0.15) is 36.2 Å². The largest absolute Gasteiger partial charge is 0.381 e. The molecule has 5 rings (SSSR count). The fraction of sp³-hybridized carbons (Fsp3) is 0.458. The maximum atomic E-state index is 11.7.